The summed E-state index contributed by atoms with van der Waals surface area (Å²) in [6.45, 7) is 3.17. The predicted molar refractivity (Wildman–Crippen MR) is 57.4 cm³/mol. The summed E-state index contributed by atoms with van der Waals surface area (Å²) >= 11 is 3.38. The minimum absolute atomic E-state index is 0.107. The highest BCUT2D eigenvalue weighted by Crippen LogP contribution is 2.10. The maximum atomic E-state index is 5.55. The predicted octanol–water partition coefficient (Wildman–Crippen LogP) is 2.31. The molecular weight excluding hydrogens is 230 g/mol. The highest BCUT2D eigenvalue weighted by Gasteiger charge is 1.95. The van der Waals surface area contributed by atoms with Gasteiger partial charge in [0, 0.05) is 10.5 Å². The van der Waals surface area contributed by atoms with E-state index in [0.717, 1.165) is 4.47 Å². The minimum atomic E-state index is 0.107. The zero-order valence-electron chi connectivity index (χ0n) is 7.66. The van der Waals surface area contributed by atoms with Crippen LogP contribution >= 0.6 is 15.9 Å². The summed E-state index contributed by atoms with van der Waals surface area (Å²) in [7, 11) is 0. The van der Waals surface area contributed by atoms with E-state index in [-0.39, 0.29) is 6.04 Å². The van der Waals surface area contributed by atoms with Crippen LogP contribution in [0, 0.1) is 0 Å². The summed E-state index contributed by atoms with van der Waals surface area (Å²) in [4.78, 5) is 0. The molecule has 1 atom stereocenters. The Morgan fingerprint density at radius 2 is 2.00 bits per heavy atom. The third-order valence-corrected chi connectivity index (χ3v) is 2.09. The van der Waals surface area contributed by atoms with Crippen molar-refractivity contribution in [1.29, 1.82) is 0 Å². The second-order valence-corrected chi connectivity index (χ2v) is 4.03. The second-order valence-electron chi connectivity index (χ2n) is 3.12. The lowest BCUT2D eigenvalue weighted by Gasteiger charge is -2.06. The van der Waals surface area contributed by atoms with Crippen molar-refractivity contribution in [3.05, 3.63) is 34.3 Å². The Morgan fingerprint density at radius 1 is 1.38 bits per heavy atom. The lowest BCUT2D eigenvalue weighted by atomic mass is 10.2. The number of benzene rings is 1. The van der Waals surface area contributed by atoms with Crippen molar-refractivity contribution >= 4 is 15.9 Å². The van der Waals surface area contributed by atoms with Crippen molar-refractivity contribution in [2.45, 2.75) is 19.6 Å². The Morgan fingerprint density at radius 3 is 2.54 bits per heavy atom. The number of halogens is 1. The normalized spacial score (nSPS) is 12.8. The topological polar surface area (TPSA) is 35.2 Å². The van der Waals surface area contributed by atoms with Gasteiger partial charge in [-0.15, -0.1) is 0 Å². The molecule has 0 radical (unpaired) electrons. The Hall–Kier alpha value is -0.380. The lowest BCUT2D eigenvalue weighted by molar-refractivity contribution is 0.111. The maximum Gasteiger partial charge on any atom is 0.0717 e. The zero-order valence-corrected chi connectivity index (χ0v) is 9.25. The smallest absolute Gasteiger partial charge is 0.0717 e. The van der Waals surface area contributed by atoms with Crippen LogP contribution in [0.5, 0.6) is 0 Å². The van der Waals surface area contributed by atoms with Crippen molar-refractivity contribution in [3.63, 3.8) is 0 Å². The van der Waals surface area contributed by atoms with E-state index in [1.54, 1.807) is 0 Å². The van der Waals surface area contributed by atoms with Crippen LogP contribution in [0.2, 0.25) is 0 Å². The van der Waals surface area contributed by atoms with Gasteiger partial charge < -0.3 is 10.5 Å². The van der Waals surface area contributed by atoms with Crippen molar-refractivity contribution < 1.29 is 4.74 Å². The Labute approximate surface area is 87.2 Å². The summed E-state index contributed by atoms with van der Waals surface area (Å²) in [5.41, 5.74) is 6.72. The fraction of sp³-hybridized carbons (Fsp3) is 0.400. The van der Waals surface area contributed by atoms with Crippen LogP contribution in [0.25, 0.3) is 0 Å². The molecule has 0 aliphatic rings. The lowest BCUT2D eigenvalue weighted by Crippen LogP contribution is -2.21. The number of nitrogens with two attached hydrogens (primary N) is 1. The molecule has 0 amide bonds. The molecule has 1 aromatic rings. The number of ether oxygens (including phenoxy) is 1. The molecule has 0 spiro atoms. The average Bonchev–Trinajstić information content (AvgIpc) is 2.08. The van der Waals surface area contributed by atoms with Crippen LogP contribution in [0.4, 0.5) is 0 Å². The van der Waals surface area contributed by atoms with E-state index in [0.29, 0.717) is 13.2 Å². The van der Waals surface area contributed by atoms with Crippen LogP contribution in [0.15, 0.2) is 28.7 Å². The third-order valence-electron chi connectivity index (χ3n) is 1.56. The van der Waals surface area contributed by atoms with E-state index in [9.17, 15) is 0 Å². The fourth-order valence-electron chi connectivity index (χ4n) is 0.943. The highest BCUT2D eigenvalue weighted by atomic mass is 79.9. The maximum absolute atomic E-state index is 5.55. The third kappa shape index (κ3) is 4.41. The van der Waals surface area contributed by atoms with Crippen LogP contribution in [0.1, 0.15) is 12.5 Å². The van der Waals surface area contributed by atoms with Gasteiger partial charge in [-0.05, 0) is 24.6 Å². The van der Waals surface area contributed by atoms with Crippen molar-refractivity contribution in [2.75, 3.05) is 6.61 Å². The van der Waals surface area contributed by atoms with E-state index in [4.69, 9.17) is 10.5 Å². The van der Waals surface area contributed by atoms with Crippen LogP contribution < -0.4 is 5.73 Å². The van der Waals surface area contributed by atoms with E-state index in [2.05, 4.69) is 15.9 Å². The first kappa shape index (κ1) is 10.7. The summed E-state index contributed by atoms with van der Waals surface area (Å²) in [6, 6.07) is 8.18. The largest absolute Gasteiger partial charge is 0.375 e. The molecule has 13 heavy (non-hydrogen) atoms. The van der Waals surface area contributed by atoms with Gasteiger partial charge in [-0.1, -0.05) is 28.1 Å². The number of rotatable bonds is 4. The molecule has 3 heteroatoms. The Bertz CT molecular complexity index is 246. The van der Waals surface area contributed by atoms with Crippen molar-refractivity contribution in [1.82, 2.24) is 0 Å². The van der Waals surface area contributed by atoms with Crippen molar-refractivity contribution in [3.8, 4) is 0 Å². The van der Waals surface area contributed by atoms with Gasteiger partial charge in [0.15, 0.2) is 0 Å². The monoisotopic (exact) mass is 243 g/mol. The molecule has 0 heterocycles. The van der Waals surface area contributed by atoms with E-state index >= 15 is 0 Å². The molecule has 0 aliphatic carbocycles. The number of hydrogen-bond acceptors (Lipinski definition) is 2. The molecule has 1 aromatic carbocycles. The summed E-state index contributed by atoms with van der Waals surface area (Å²) in [6.07, 6.45) is 0. The molecule has 0 bridgehead atoms. The van der Waals surface area contributed by atoms with Crippen LogP contribution in [-0.2, 0) is 11.3 Å². The molecule has 72 valence electrons. The Balaban J connectivity index is 2.33. The minimum Gasteiger partial charge on any atom is -0.375 e. The van der Waals surface area contributed by atoms with E-state index in [1.807, 2.05) is 31.2 Å². The van der Waals surface area contributed by atoms with Gasteiger partial charge >= 0.3 is 0 Å². The van der Waals surface area contributed by atoms with Gasteiger partial charge in [-0.25, -0.2) is 0 Å². The molecule has 2 nitrogen and oxygen atoms in total. The summed E-state index contributed by atoms with van der Waals surface area (Å²) in [5, 5.41) is 0. The highest BCUT2D eigenvalue weighted by molar-refractivity contribution is 9.10. The average molecular weight is 244 g/mol. The van der Waals surface area contributed by atoms with Gasteiger partial charge in [-0.3, -0.25) is 0 Å². The van der Waals surface area contributed by atoms with E-state index in [1.165, 1.54) is 5.56 Å². The molecular formula is C10H14BrNO. The molecule has 0 fully saturated rings. The molecule has 0 saturated carbocycles. The van der Waals surface area contributed by atoms with Crippen LogP contribution in [-0.4, -0.2) is 12.6 Å². The first-order chi connectivity index (χ1) is 6.18. The SMILES string of the molecule is CC(N)COCc1ccc(Br)cc1. The molecule has 0 saturated heterocycles. The van der Waals surface area contributed by atoms with Gasteiger partial charge in [-0.2, -0.15) is 0 Å². The first-order valence-corrected chi connectivity index (χ1v) is 5.05. The van der Waals surface area contributed by atoms with Crippen molar-refractivity contribution in [2.24, 2.45) is 5.73 Å². The van der Waals surface area contributed by atoms with Gasteiger partial charge in [0.1, 0.15) is 0 Å². The van der Waals surface area contributed by atoms with Gasteiger partial charge in [0.2, 0.25) is 0 Å². The van der Waals surface area contributed by atoms with Crippen LogP contribution in [0.3, 0.4) is 0 Å². The summed E-state index contributed by atoms with van der Waals surface area (Å²) < 4.78 is 6.47. The zero-order chi connectivity index (χ0) is 9.68. The van der Waals surface area contributed by atoms with Gasteiger partial charge in [0.05, 0.1) is 13.2 Å². The summed E-state index contributed by atoms with van der Waals surface area (Å²) in [5.74, 6) is 0. The number of hydrogen-bond donors (Lipinski definition) is 1. The molecule has 1 unspecified atom stereocenters. The van der Waals surface area contributed by atoms with E-state index < -0.39 is 0 Å². The molecule has 0 aliphatic heterocycles. The molecule has 2 N–H and O–H groups in total. The fourth-order valence-corrected chi connectivity index (χ4v) is 1.21. The standard InChI is InChI=1S/C10H14BrNO/c1-8(12)6-13-7-9-2-4-10(11)5-3-9/h2-5,8H,6-7,12H2,1H3. The quantitative estimate of drug-likeness (QED) is 0.882. The van der Waals surface area contributed by atoms with Gasteiger partial charge in [0.25, 0.3) is 0 Å². The first-order valence-electron chi connectivity index (χ1n) is 4.26. The molecule has 1 rings (SSSR count). The second kappa shape index (κ2) is 5.37. The molecule has 0 aromatic heterocycles. The Kier molecular flexibility index (Phi) is 4.42.